The third kappa shape index (κ3) is 3.92. The third-order valence-electron chi connectivity index (χ3n) is 1.87. The van der Waals surface area contributed by atoms with Crippen molar-refractivity contribution >= 4 is 11.8 Å². The van der Waals surface area contributed by atoms with Crippen LogP contribution < -0.4 is 5.32 Å². The van der Waals surface area contributed by atoms with E-state index in [4.69, 9.17) is 4.74 Å². The van der Waals surface area contributed by atoms with Crippen LogP contribution in [0.25, 0.3) is 0 Å². The second-order valence-electron chi connectivity index (χ2n) is 2.94. The van der Waals surface area contributed by atoms with Gasteiger partial charge in [0, 0.05) is 13.0 Å². The minimum atomic E-state index is -0.212. The number of nitrogens with zero attached hydrogens (tertiary/aromatic N) is 1. The van der Waals surface area contributed by atoms with Crippen molar-refractivity contribution in [2.75, 3.05) is 19.7 Å². The van der Waals surface area contributed by atoms with E-state index in [0.717, 1.165) is 31.6 Å². The number of hydrogen-bond acceptors (Lipinski definition) is 4. The van der Waals surface area contributed by atoms with Crippen LogP contribution in [-0.2, 0) is 9.53 Å². The smallest absolute Gasteiger partial charge is 0.325 e. The standard InChI is InChI=1S/C9H16N2O2/c1-2-13-9(12)7-11-8-5-3-4-6-10-8/h2-7H2,1H3,(H,10,11). The third-order valence-corrected chi connectivity index (χ3v) is 1.87. The Hall–Kier alpha value is -1.06. The number of aliphatic imine (C=N–C) groups is 1. The second-order valence-corrected chi connectivity index (χ2v) is 2.94. The van der Waals surface area contributed by atoms with Crippen LogP contribution in [0.1, 0.15) is 26.2 Å². The van der Waals surface area contributed by atoms with Gasteiger partial charge in [-0.1, -0.05) is 0 Å². The monoisotopic (exact) mass is 184 g/mol. The fourth-order valence-electron chi connectivity index (χ4n) is 1.23. The molecule has 0 atom stereocenters. The highest BCUT2D eigenvalue weighted by Gasteiger charge is 2.06. The van der Waals surface area contributed by atoms with Gasteiger partial charge in [0.1, 0.15) is 6.54 Å². The van der Waals surface area contributed by atoms with Gasteiger partial charge in [0.25, 0.3) is 0 Å². The maximum atomic E-state index is 10.9. The van der Waals surface area contributed by atoms with E-state index >= 15 is 0 Å². The molecule has 0 aromatic rings. The molecule has 0 radical (unpaired) electrons. The summed E-state index contributed by atoms with van der Waals surface area (Å²) in [5.74, 6) is 0.732. The summed E-state index contributed by atoms with van der Waals surface area (Å²) in [5.41, 5.74) is 0. The lowest BCUT2D eigenvalue weighted by atomic mass is 10.2. The van der Waals surface area contributed by atoms with Crippen LogP contribution in [0.15, 0.2) is 4.99 Å². The fourth-order valence-corrected chi connectivity index (χ4v) is 1.23. The minimum Gasteiger partial charge on any atom is -0.465 e. The molecule has 0 aliphatic carbocycles. The summed E-state index contributed by atoms with van der Waals surface area (Å²) in [6.07, 6.45) is 3.28. The largest absolute Gasteiger partial charge is 0.465 e. The lowest BCUT2D eigenvalue weighted by molar-refractivity contribution is -0.141. The summed E-state index contributed by atoms with van der Waals surface area (Å²) in [4.78, 5) is 15.2. The zero-order valence-corrected chi connectivity index (χ0v) is 8.01. The summed E-state index contributed by atoms with van der Waals surface area (Å²) in [7, 11) is 0. The Morgan fingerprint density at radius 1 is 1.62 bits per heavy atom. The molecule has 1 aliphatic heterocycles. The normalized spacial score (nSPS) is 16.2. The van der Waals surface area contributed by atoms with Crippen molar-refractivity contribution in [2.45, 2.75) is 26.2 Å². The van der Waals surface area contributed by atoms with E-state index in [0.29, 0.717) is 6.61 Å². The van der Waals surface area contributed by atoms with Crippen LogP contribution in [0.5, 0.6) is 0 Å². The molecule has 0 amide bonds. The Labute approximate surface area is 78.4 Å². The first-order valence-electron chi connectivity index (χ1n) is 4.75. The van der Waals surface area contributed by atoms with Crippen molar-refractivity contribution < 1.29 is 9.53 Å². The van der Waals surface area contributed by atoms with Crippen molar-refractivity contribution in [3.8, 4) is 0 Å². The van der Waals surface area contributed by atoms with E-state index in [2.05, 4.69) is 10.3 Å². The molecule has 74 valence electrons. The number of carbonyl (C=O) groups excluding carboxylic acids is 1. The Morgan fingerprint density at radius 3 is 3.08 bits per heavy atom. The predicted molar refractivity (Wildman–Crippen MR) is 50.8 cm³/mol. The Balaban J connectivity index is 2.17. The molecule has 1 heterocycles. The van der Waals surface area contributed by atoms with Gasteiger partial charge >= 0.3 is 5.97 Å². The first-order valence-corrected chi connectivity index (χ1v) is 4.75. The quantitative estimate of drug-likeness (QED) is 0.657. The zero-order chi connectivity index (χ0) is 9.52. The first-order chi connectivity index (χ1) is 6.33. The molecule has 0 saturated carbocycles. The van der Waals surface area contributed by atoms with Crippen LogP contribution in [0.3, 0.4) is 0 Å². The molecule has 0 aromatic heterocycles. The lowest BCUT2D eigenvalue weighted by Gasteiger charge is -2.12. The minimum absolute atomic E-state index is 0.212. The number of esters is 1. The predicted octanol–water partition coefficient (Wildman–Crippen LogP) is 0.721. The van der Waals surface area contributed by atoms with Crippen molar-refractivity contribution in [3.05, 3.63) is 0 Å². The second kappa shape index (κ2) is 5.56. The summed E-state index contributed by atoms with van der Waals surface area (Å²) >= 11 is 0. The van der Waals surface area contributed by atoms with E-state index in [1.54, 1.807) is 6.92 Å². The number of ether oxygens (including phenoxy) is 1. The molecule has 1 rings (SSSR count). The maximum absolute atomic E-state index is 10.9. The van der Waals surface area contributed by atoms with Gasteiger partial charge in [-0.15, -0.1) is 0 Å². The molecule has 0 saturated heterocycles. The summed E-state index contributed by atoms with van der Waals surface area (Å²) < 4.78 is 4.78. The van der Waals surface area contributed by atoms with Gasteiger partial charge in [-0.25, -0.2) is 0 Å². The molecule has 0 aromatic carbocycles. The highest BCUT2D eigenvalue weighted by Crippen LogP contribution is 2.03. The Kier molecular flexibility index (Phi) is 4.29. The van der Waals surface area contributed by atoms with Crippen LogP contribution in [0, 0.1) is 0 Å². The fraction of sp³-hybridized carbons (Fsp3) is 0.778. The molecule has 4 heteroatoms. The average molecular weight is 184 g/mol. The number of nitrogens with one attached hydrogen (secondary N) is 1. The molecule has 4 nitrogen and oxygen atoms in total. The Morgan fingerprint density at radius 2 is 2.46 bits per heavy atom. The number of hydrogen-bond donors (Lipinski definition) is 1. The van der Waals surface area contributed by atoms with Crippen molar-refractivity contribution in [1.82, 2.24) is 5.32 Å². The Bertz CT molecular complexity index is 202. The van der Waals surface area contributed by atoms with Crippen LogP contribution >= 0.6 is 0 Å². The highest BCUT2D eigenvalue weighted by molar-refractivity contribution is 5.86. The molecule has 0 spiro atoms. The molecule has 0 unspecified atom stereocenters. The molecule has 0 bridgehead atoms. The SMILES string of the molecule is CCOC(=O)CNC1=NCCCC1. The number of carbonyl (C=O) groups is 1. The van der Waals surface area contributed by atoms with Crippen LogP contribution in [-0.4, -0.2) is 31.5 Å². The van der Waals surface area contributed by atoms with E-state index in [9.17, 15) is 4.79 Å². The van der Waals surface area contributed by atoms with Gasteiger partial charge in [-0.3, -0.25) is 9.79 Å². The molecule has 1 aliphatic rings. The first kappa shape index (κ1) is 10.0. The molecular formula is C9H16N2O2. The number of rotatable bonds is 3. The maximum Gasteiger partial charge on any atom is 0.325 e. The highest BCUT2D eigenvalue weighted by atomic mass is 16.5. The van der Waals surface area contributed by atoms with E-state index in [1.165, 1.54) is 0 Å². The van der Waals surface area contributed by atoms with Crippen LogP contribution in [0.2, 0.25) is 0 Å². The van der Waals surface area contributed by atoms with Gasteiger partial charge in [0.15, 0.2) is 0 Å². The van der Waals surface area contributed by atoms with Crippen molar-refractivity contribution in [3.63, 3.8) is 0 Å². The summed E-state index contributed by atoms with van der Waals surface area (Å²) in [5, 5.41) is 2.98. The summed E-state index contributed by atoms with van der Waals surface area (Å²) in [6.45, 7) is 3.36. The molecule has 0 fully saturated rings. The summed E-state index contributed by atoms with van der Waals surface area (Å²) in [6, 6.07) is 0. The molecular weight excluding hydrogens is 168 g/mol. The van der Waals surface area contributed by atoms with Crippen LogP contribution in [0.4, 0.5) is 0 Å². The lowest BCUT2D eigenvalue weighted by Crippen LogP contribution is -2.32. The van der Waals surface area contributed by atoms with Gasteiger partial charge in [0.2, 0.25) is 0 Å². The topological polar surface area (TPSA) is 50.7 Å². The molecule has 13 heavy (non-hydrogen) atoms. The van der Waals surface area contributed by atoms with Gasteiger partial charge < -0.3 is 10.1 Å². The van der Waals surface area contributed by atoms with Crippen molar-refractivity contribution in [2.24, 2.45) is 4.99 Å². The van der Waals surface area contributed by atoms with E-state index in [-0.39, 0.29) is 12.5 Å². The van der Waals surface area contributed by atoms with Gasteiger partial charge in [-0.2, -0.15) is 0 Å². The van der Waals surface area contributed by atoms with E-state index < -0.39 is 0 Å². The number of amidine groups is 1. The average Bonchev–Trinajstić information content (AvgIpc) is 2.17. The molecule has 1 N–H and O–H groups in total. The van der Waals surface area contributed by atoms with Gasteiger partial charge in [0.05, 0.1) is 12.4 Å². The van der Waals surface area contributed by atoms with Gasteiger partial charge in [-0.05, 0) is 19.8 Å². The zero-order valence-electron chi connectivity index (χ0n) is 8.01. The van der Waals surface area contributed by atoms with E-state index in [1.807, 2.05) is 0 Å². The van der Waals surface area contributed by atoms with Crippen molar-refractivity contribution in [1.29, 1.82) is 0 Å².